The van der Waals surface area contributed by atoms with Gasteiger partial charge in [0.25, 0.3) is 0 Å². The lowest BCUT2D eigenvalue weighted by atomic mass is 9.88. The number of anilines is 2. The average Bonchev–Trinajstić information content (AvgIpc) is 3.40. The second-order valence-corrected chi connectivity index (χ2v) is 7.11. The van der Waals surface area contributed by atoms with Crippen LogP contribution in [0.25, 0.3) is 0 Å². The fraction of sp³-hybridized carbons (Fsp3) is 0.579. The molecule has 0 radical (unpaired) electrons. The second-order valence-electron chi connectivity index (χ2n) is 7.11. The van der Waals surface area contributed by atoms with Gasteiger partial charge in [-0.15, -0.1) is 0 Å². The predicted octanol–water partition coefficient (Wildman–Crippen LogP) is 3.50. The van der Waals surface area contributed by atoms with Gasteiger partial charge in [0.05, 0.1) is 6.10 Å². The van der Waals surface area contributed by atoms with E-state index in [2.05, 4.69) is 22.9 Å². The van der Waals surface area contributed by atoms with E-state index in [1.807, 2.05) is 0 Å². The molecule has 0 aromatic heterocycles. The van der Waals surface area contributed by atoms with Crippen LogP contribution in [0.3, 0.4) is 0 Å². The first-order chi connectivity index (χ1) is 12.1. The lowest BCUT2D eigenvalue weighted by Gasteiger charge is -2.28. The van der Waals surface area contributed by atoms with Crippen LogP contribution < -0.4 is 16.0 Å². The van der Waals surface area contributed by atoms with Crippen LogP contribution in [0.5, 0.6) is 0 Å². The van der Waals surface area contributed by atoms with Gasteiger partial charge in [0.15, 0.2) is 0 Å². The van der Waals surface area contributed by atoms with E-state index < -0.39 is 0 Å². The van der Waals surface area contributed by atoms with Crippen LogP contribution in [-0.4, -0.2) is 30.7 Å². The van der Waals surface area contributed by atoms with Crippen molar-refractivity contribution in [3.8, 4) is 0 Å². The van der Waals surface area contributed by atoms with E-state index >= 15 is 0 Å². The molecule has 136 valence electrons. The third kappa shape index (κ3) is 5.74. The van der Waals surface area contributed by atoms with Crippen LogP contribution in [0.1, 0.15) is 45.4 Å². The highest BCUT2D eigenvalue weighted by Crippen LogP contribution is 2.26. The molecule has 0 heterocycles. The van der Waals surface area contributed by atoms with Gasteiger partial charge in [-0.25, -0.2) is 4.79 Å². The monoisotopic (exact) mass is 345 g/mol. The number of carbonyl (C=O) groups is 2. The smallest absolute Gasteiger partial charge is 0.319 e. The number of benzene rings is 1. The molecule has 2 atom stereocenters. The molecule has 6 nitrogen and oxygen atoms in total. The fourth-order valence-electron chi connectivity index (χ4n) is 3.13. The van der Waals surface area contributed by atoms with E-state index in [1.54, 1.807) is 24.3 Å². The highest BCUT2D eigenvalue weighted by molar-refractivity contribution is 5.93. The van der Waals surface area contributed by atoms with Crippen molar-refractivity contribution in [1.29, 1.82) is 0 Å². The first-order valence-electron chi connectivity index (χ1n) is 9.19. The van der Waals surface area contributed by atoms with Crippen molar-refractivity contribution in [3.05, 3.63) is 24.3 Å². The summed E-state index contributed by atoms with van der Waals surface area (Å²) in [5.41, 5.74) is 1.39. The van der Waals surface area contributed by atoms with E-state index in [0.29, 0.717) is 23.3 Å². The third-order valence-corrected chi connectivity index (χ3v) is 4.80. The number of nitrogens with one attached hydrogen (secondary N) is 3. The number of rotatable bonds is 6. The maximum absolute atomic E-state index is 12.0. The summed E-state index contributed by atoms with van der Waals surface area (Å²) in [7, 11) is 0. The Morgan fingerprint density at radius 3 is 2.28 bits per heavy atom. The van der Waals surface area contributed by atoms with Gasteiger partial charge < -0.3 is 20.7 Å². The Bertz CT molecular complexity index is 598. The van der Waals surface area contributed by atoms with Crippen molar-refractivity contribution in [3.63, 3.8) is 0 Å². The van der Waals surface area contributed by atoms with E-state index in [0.717, 1.165) is 19.3 Å². The number of ether oxygens (including phenoxy) is 1. The summed E-state index contributed by atoms with van der Waals surface area (Å²) >= 11 is 0. The largest absolute Gasteiger partial charge is 0.368 e. The van der Waals surface area contributed by atoms with Gasteiger partial charge in [0, 0.05) is 17.4 Å². The summed E-state index contributed by atoms with van der Waals surface area (Å²) in [6.45, 7) is 2.27. The van der Waals surface area contributed by atoms with Crippen molar-refractivity contribution >= 4 is 23.3 Å². The molecule has 0 saturated heterocycles. The molecule has 6 heteroatoms. The SMILES string of the molecule is C[C@H]1CCCC[C@@H]1OCC(=O)Nc1ccc(NC(=O)NC2CC2)cc1. The Morgan fingerprint density at radius 1 is 1.00 bits per heavy atom. The number of carbonyl (C=O) groups excluding carboxylic acids is 2. The highest BCUT2D eigenvalue weighted by Gasteiger charge is 2.23. The van der Waals surface area contributed by atoms with Gasteiger partial charge in [0.2, 0.25) is 5.91 Å². The zero-order valence-corrected chi connectivity index (χ0v) is 14.7. The molecule has 0 spiro atoms. The Hall–Kier alpha value is -2.08. The van der Waals surface area contributed by atoms with Crippen LogP contribution in [0.15, 0.2) is 24.3 Å². The molecule has 3 amide bonds. The lowest BCUT2D eigenvalue weighted by Crippen LogP contribution is -2.30. The Morgan fingerprint density at radius 2 is 1.64 bits per heavy atom. The van der Waals surface area contributed by atoms with Gasteiger partial charge in [-0.05, 0) is 55.9 Å². The number of hydrogen-bond acceptors (Lipinski definition) is 3. The van der Waals surface area contributed by atoms with Gasteiger partial charge in [-0.2, -0.15) is 0 Å². The third-order valence-electron chi connectivity index (χ3n) is 4.80. The average molecular weight is 345 g/mol. The molecule has 2 aliphatic carbocycles. The Kier molecular flexibility index (Phi) is 5.91. The van der Waals surface area contributed by atoms with Gasteiger partial charge in [0.1, 0.15) is 6.61 Å². The number of amides is 3. The first kappa shape index (κ1) is 17.7. The van der Waals surface area contributed by atoms with Crippen molar-refractivity contribution in [2.45, 2.75) is 57.6 Å². The summed E-state index contributed by atoms with van der Waals surface area (Å²) in [6.07, 6.45) is 6.95. The lowest BCUT2D eigenvalue weighted by molar-refractivity contribution is -0.124. The van der Waals surface area contributed by atoms with Crippen LogP contribution in [0, 0.1) is 5.92 Å². The normalized spacial score (nSPS) is 22.9. The molecule has 2 aliphatic rings. The maximum Gasteiger partial charge on any atom is 0.319 e. The van der Waals surface area contributed by atoms with Crippen LogP contribution in [0.4, 0.5) is 16.2 Å². The van der Waals surface area contributed by atoms with Gasteiger partial charge >= 0.3 is 6.03 Å². The molecule has 2 saturated carbocycles. The number of hydrogen-bond donors (Lipinski definition) is 3. The summed E-state index contributed by atoms with van der Waals surface area (Å²) < 4.78 is 5.77. The van der Waals surface area contributed by atoms with E-state index in [-0.39, 0.29) is 24.6 Å². The Labute approximate surface area is 148 Å². The molecule has 0 bridgehead atoms. The molecule has 0 aliphatic heterocycles. The summed E-state index contributed by atoms with van der Waals surface area (Å²) in [5.74, 6) is 0.374. The maximum atomic E-state index is 12.0. The van der Waals surface area contributed by atoms with E-state index in [9.17, 15) is 9.59 Å². The van der Waals surface area contributed by atoms with Crippen LogP contribution in [0.2, 0.25) is 0 Å². The van der Waals surface area contributed by atoms with Crippen molar-refractivity contribution in [1.82, 2.24) is 5.32 Å². The standard InChI is InChI=1S/C19H27N3O3/c1-13-4-2-3-5-17(13)25-12-18(23)20-14-6-8-15(9-7-14)21-19(24)22-16-10-11-16/h6-9,13,16-17H,2-5,10-12H2,1H3,(H,20,23)(H2,21,22,24)/t13-,17-/m0/s1. The molecule has 0 unspecified atom stereocenters. The minimum atomic E-state index is -0.186. The predicted molar refractivity (Wildman–Crippen MR) is 97.6 cm³/mol. The van der Waals surface area contributed by atoms with Gasteiger partial charge in [-0.1, -0.05) is 19.8 Å². The van der Waals surface area contributed by atoms with Gasteiger partial charge in [-0.3, -0.25) is 4.79 Å². The summed E-state index contributed by atoms with van der Waals surface area (Å²) in [6, 6.07) is 7.22. The summed E-state index contributed by atoms with van der Waals surface area (Å²) in [5, 5.41) is 8.47. The molecule has 2 fully saturated rings. The second kappa shape index (κ2) is 8.34. The fourth-order valence-corrected chi connectivity index (χ4v) is 3.13. The molecule has 1 aromatic rings. The molecule has 25 heavy (non-hydrogen) atoms. The minimum Gasteiger partial charge on any atom is -0.368 e. The van der Waals surface area contributed by atoms with Crippen LogP contribution in [-0.2, 0) is 9.53 Å². The minimum absolute atomic E-state index is 0.0821. The topological polar surface area (TPSA) is 79.5 Å². The zero-order valence-electron chi connectivity index (χ0n) is 14.7. The quantitative estimate of drug-likeness (QED) is 0.738. The number of urea groups is 1. The van der Waals surface area contributed by atoms with Crippen molar-refractivity contribution < 1.29 is 14.3 Å². The summed E-state index contributed by atoms with van der Waals surface area (Å²) in [4.78, 5) is 23.7. The first-order valence-corrected chi connectivity index (χ1v) is 9.19. The molecular weight excluding hydrogens is 318 g/mol. The molecule has 1 aromatic carbocycles. The molecular formula is C19H27N3O3. The molecule has 3 rings (SSSR count). The Balaban J connectivity index is 1.40. The van der Waals surface area contributed by atoms with Crippen molar-refractivity contribution in [2.75, 3.05) is 17.2 Å². The van der Waals surface area contributed by atoms with E-state index in [1.165, 1.54) is 19.3 Å². The zero-order chi connectivity index (χ0) is 17.6. The van der Waals surface area contributed by atoms with Crippen molar-refractivity contribution in [2.24, 2.45) is 5.92 Å². The molecule has 3 N–H and O–H groups in total. The highest BCUT2D eigenvalue weighted by atomic mass is 16.5. The van der Waals surface area contributed by atoms with E-state index in [4.69, 9.17) is 4.74 Å². The van der Waals surface area contributed by atoms with Crippen LogP contribution >= 0.6 is 0 Å².